The maximum absolute atomic E-state index is 3.60. The van der Waals surface area contributed by atoms with E-state index in [0.29, 0.717) is 10.8 Å². The Labute approximate surface area is 130 Å². The minimum absolute atomic E-state index is 0.347. The van der Waals surface area contributed by atoms with Crippen molar-refractivity contribution < 1.29 is 0 Å². The topological polar surface area (TPSA) is 12.0 Å². The van der Waals surface area contributed by atoms with Crippen LogP contribution in [0.3, 0.4) is 0 Å². The highest BCUT2D eigenvalue weighted by Gasteiger charge is 2.15. The van der Waals surface area contributed by atoms with Crippen molar-refractivity contribution in [3.05, 3.63) is 33.4 Å². The van der Waals surface area contributed by atoms with Crippen LogP contribution in [0.5, 0.6) is 0 Å². The number of benzene rings is 1. The van der Waals surface area contributed by atoms with Gasteiger partial charge in [-0.05, 0) is 53.3 Å². The highest BCUT2D eigenvalue weighted by molar-refractivity contribution is 14.1. The van der Waals surface area contributed by atoms with Gasteiger partial charge in [-0.2, -0.15) is 11.8 Å². The van der Waals surface area contributed by atoms with Gasteiger partial charge in [-0.15, -0.1) is 0 Å². The zero-order valence-electron chi connectivity index (χ0n) is 11.8. The van der Waals surface area contributed by atoms with Crippen molar-refractivity contribution in [2.75, 3.05) is 12.3 Å². The van der Waals surface area contributed by atoms with Gasteiger partial charge in [0.25, 0.3) is 0 Å². The van der Waals surface area contributed by atoms with E-state index in [2.05, 4.69) is 79.9 Å². The lowest BCUT2D eigenvalue weighted by Crippen LogP contribution is -2.34. The third-order valence-electron chi connectivity index (χ3n) is 2.61. The van der Waals surface area contributed by atoms with Crippen LogP contribution in [0.2, 0.25) is 0 Å². The van der Waals surface area contributed by atoms with Gasteiger partial charge in [-0.1, -0.05) is 39.8 Å². The van der Waals surface area contributed by atoms with Crippen molar-refractivity contribution in [2.24, 2.45) is 0 Å². The van der Waals surface area contributed by atoms with Crippen molar-refractivity contribution in [2.45, 2.75) is 44.9 Å². The smallest absolute Gasteiger partial charge is 0.0198 e. The molecule has 0 aliphatic heterocycles. The van der Waals surface area contributed by atoms with E-state index in [1.165, 1.54) is 14.9 Å². The fourth-order valence-corrected chi connectivity index (χ4v) is 3.03. The minimum Gasteiger partial charge on any atom is -0.313 e. The second-order valence-electron chi connectivity index (χ2n) is 5.51. The van der Waals surface area contributed by atoms with Gasteiger partial charge in [0.2, 0.25) is 0 Å². The first-order valence-corrected chi connectivity index (χ1v) is 8.59. The second kappa shape index (κ2) is 7.75. The van der Waals surface area contributed by atoms with E-state index in [1.54, 1.807) is 0 Å². The van der Waals surface area contributed by atoms with E-state index in [0.717, 1.165) is 13.0 Å². The number of likely N-dealkylation sites (N-methyl/N-ethyl adjacent to an activating group) is 1. The van der Waals surface area contributed by atoms with Crippen LogP contribution in [0.1, 0.15) is 33.3 Å². The van der Waals surface area contributed by atoms with Crippen LogP contribution in [0.4, 0.5) is 0 Å². The quantitative estimate of drug-likeness (QED) is 0.740. The van der Waals surface area contributed by atoms with Crippen LogP contribution in [0.15, 0.2) is 24.3 Å². The highest BCUT2D eigenvalue weighted by atomic mass is 127. The predicted molar refractivity (Wildman–Crippen MR) is 92.5 cm³/mol. The fourth-order valence-electron chi connectivity index (χ4n) is 1.73. The molecule has 0 spiro atoms. The van der Waals surface area contributed by atoms with E-state index in [-0.39, 0.29) is 0 Å². The Morgan fingerprint density at radius 3 is 2.33 bits per heavy atom. The molecule has 1 atom stereocenters. The average molecular weight is 377 g/mol. The lowest BCUT2D eigenvalue weighted by Gasteiger charge is -2.23. The molecule has 1 unspecified atom stereocenters. The Bertz CT molecular complexity index is 343. The maximum atomic E-state index is 3.60. The van der Waals surface area contributed by atoms with E-state index >= 15 is 0 Å². The number of hydrogen-bond acceptors (Lipinski definition) is 2. The average Bonchev–Trinajstić information content (AvgIpc) is 2.28. The summed E-state index contributed by atoms with van der Waals surface area (Å²) in [4.78, 5) is 0. The van der Waals surface area contributed by atoms with Crippen LogP contribution in [-0.4, -0.2) is 23.1 Å². The Morgan fingerprint density at radius 1 is 1.22 bits per heavy atom. The Morgan fingerprint density at radius 2 is 1.83 bits per heavy atom. The van der Waals surface area contributed by atoms with Crippen LogP contribution in [-0.2, 0) is 6.42 Å². The van der Waals surface area contributed by atoms with Crippen LogP contribution >= 0.6 is 34.4 Å². The molecule has 0 aliphatic carbocycles. The molecule has 0 saturated heterocycles. The van der Waals surface area contributed by atoms with E-state index in [4.69, 9.17) is 0 Å². The molecule has 3 heteroatoms. The number of hydrogen-bond donors (Lipinski definition) is 1. The molecule has 0 aliphatic rings. The van der Waals surface area contributed by atoms with Gasteiger partial charge in [0.05, 0.1) is 0 Å². The van der Waals surface area contributed by atoms with E-state index < -0.39 is 0 Å². The first-order chi connectivity index (χ1) is 8.40. The summed E-state index contributed by atoms with van der Waals surface area (Å²) in [6, 6.07) is 9.44. The number of rotatable bonds is 6. The van der Waals surface area contributed by atoms with Gasteiger partial charge in [0, 0.05) is 20.1 Å². The molecule has 0 aromatic heterocycles. The number of nitrogens with one attached hydrogen (secondary N) is 1. The second-order valence-corrected chi connectivity index (χ2v) is 8.60. The third kappa shape index (κ3) is 7.00. The minimum atomic E-state index is 0.347. The molecule has 18 heavy (non-hydrogen) atoms. The number of halogens is 1. The van der Waals surface area contributed by atoms with Gasteiger partial charge < -0.3 is 5.32 Å². The normalized spacial score (nSPS) is 13.6. The van der Waals surface area contributed by atoms with Crippen molar-refractivity contribution in [1.82, 2.24) is 5.32 Å². The third-order valence-corrected chi connectivity index (χ3v) is 4.76. The Balaban J connectivity index is 2.54. The zero-order chi connectivity index (χ0) is 13.6. The molecular formula is C15H24INS. The van der Waals surface area contributed by atoms with Crippen molar-refractivity contribution in [1.29, 1.82) is 0 Å². The molecular weight excluding hydrogens is 353 g/mol. The van der Waals surface area contributed by atoms with Crippen LogP contribution < -0.4 is 5.32 Å². The number of thioether (sulfide) groups is 1. The molecule has 1 nitrogen and oxygen atoms in total. The SMILES string of the molecule is CCNC(CSC(C)(C)C)Cc1ccc(I)cc1. The Hall–Kier alpha value is 0.260. The summed E-state index contributed by atoms with van der Waals surface area (Å²) in [7, 11) is 0. The van der Waals surface area contributed by atoms with Gasteiger partial charge >= 0.3 is 0 Å². The monoisotopic (exact) mass is 377 g/mol. The maximum Gasteiger partial charge on any atom is 0.0198 e. The van der Waals surface area contributed by atoms with E-state index in [9.17, 15) is 0 Å². The molecule has 1 N–H and O–H groups in total. The zero-order valence-corrected chi connectivity index (χ0v) is 14.8. The largest absolute Gasteiger partial charge is 0.313 e. The summed E-state index contributed by atoms with van der Waals surface area (Å²) in [6.45, 7) is 10.1. The lowest BCUT2D eigenvalue weighted by molar-refractivity contribution is 0.570. The standard InChI is InChI=1S/C15H24INS/c1-5-17-14(11-18-15(2,3)4)10-12-6-8-13(16)9-7-12/h6-9,14,17H,5,10-11H2,1-4H3. The summed E-state index contributed by atoms with van der Waals surface area (Å²) in [5.41, 5.74) is 1.43. The van der Waals surface area contributed by atoms with Gasteiger partial charge in [0.15, 0.2) is 0 Å². The van der Waals surface area contributed by atoms with Crippen LogP contribution in [0.25, 0.3) is 0 Å². The summed E-state index contributed by atoms with van der Waals surface area (Å²) in [5.74, 6) is 1.17. The molecule has 0 heterocycles. The molecule has 0 radical (unpaired) electrons. The lowest BCUT2D eigenvalue weighted by atomic mass is 10.1. The molecule has 1 aromatic rings. The van der Waals surface area contributed by atoms with Crippen molar-refractivity contribution >= 4 is 34.4 Å². The van der Waals surface area contributed by atoms with E-state index in [1.807, 2.05) is 11.8 Å². The molecule has 0 fully saturated rings. The van der Waals surface area contributed by atoms with Gasteiger partial charge in [-0.25, -0.2) is 0 Å². The molecule has 1 aromatic carbocycles. The highest BCUT2D eigenvalue weighted by Crippen LogP contribution is 2.24. The van der Waals surface area contributed by atoms with Gasteiger partial charge in [-0.3, -0.25) is 0 Å². The summed E-state index contributed by atoms with van der Waals surface area (Å²) < 4.78 is 1.65. The van der Waals surface area contributed by atoms with Gasteiger partial charge in [0.1, 0.15) is 0 Å². The Kier molecular flexibility index (Phi) is 7.03. The molecule has 0 bridgehead atoms. The predicted octanol–water partition coefficient (Wildman–Crippen LogP) is 4.34. The van der Waals surface area contributed by atoms with Crippen molar-refractivity contribution in [3.63, 3.8) is 0 Å². The summed E-state index contributed by atoms with van der Waals surface area (Å²) in [5, 5.41) is 3.60. The van der Waals surface area contributed by atoms with Crippen molar-refractivity contribution in [3.8, 4) is 0 Å². The molecule has 102 valence electrons. The fraction of sp³-hybridized carbons (Fsp3) is 0.600. The molecule has 0 amide bonds. The summed E-state index contributed by atoms with van der Waals surface area (Å²) >= 11 is 4.39. The first-order valence-electron chi connectivity index (χ1n) is 6.52. The first kappa shape index (κ1) is 16.3. The van der Waals surface area contributed by atoms with Crippen LogP contribution in [0, 0.1) is 3.57 Å². The summed E-state index contributed by atoms with van der Waals surface area (Å²) in [6.07, 6.45) is 1.12. The molecule has 1 rings (SSSR count). The molecule has 0 saturated carbocycles.